The summed E-state index contributed by atoms with van der Waals surface area (Å²) in [4.78, 5) is 15.1. The first kappa shape index (κ1) is 12.5. The number of nitrogens with zero attached hydrogens (tertiary/aromatic N) is 2. The van der Waals surface area contributed by atoms with Gasteiger partial charge >= 0.3 is 0 Å². The zero-order valence-electron chi connectivity index (χ0n) is 10.2. The van der Waals surface area contributed by atoms with Crippen molar-refractivity contribution in [2.24, 2.45) is 11.8 Å². The van der Waals surface area contributed by atoms with Crippen LogP contribution in [0.4, 0.5) is 0 Å². The lowest BCUT2D eigenvalue weighted by molar-refractivity contribution is 0.0529. The number of aliphatic hydroxyl groups is 1. The number of hydrogen-bond donors (Lipinski definition) is 1. The molecular formula is C12H18N2O2S. The van der Waals surface area contributed by atoms with Crippen molar-refractivity contribution in [1.82, 2.24) is 9.27 Å². The quantitative estimate of drug-likeness (QED) is 0.871. The van der Waals surface area contributed by atoms with E-state index in [0.29, 0.717) is 18.2 Å². The Hall–Kier alpha value is -0.940. The molecule has 4 nitrogen and oxygen atoms in total. The van der Waals surface area contributed by atoms with Crippen molar-refractivity contribution >= 4 is 17.4 Å². The zero-order valence-corrected chi connectivity index (χ0v) is 11.0. The van der Waals surface area contributed by atoms with Crippen molar-refractivity contribution < 1.29 is 9.90 Å². The fourth-order valence-corrected chi connectivity index (χ4v) is 2.95. The maximum Gasteiger partial charge on any atom is 0.273 e. The van der Waals surface area contributed by atoms with E-state index in [1.165, 1.54) is 11.5 Å². The summed E-state index contributed by atoms with van der Waals surface area (Å²) in [6, 6.07) is 1.83. The second-order valence-corrected chi connectivity index (χ2v) is 5.93. The molecule has 2 heterocycles. The fraction of sp³-hybridized carbons (Fsp3) is 0.667. The molecule has 2 unspecified atom stereocenters. The zero-order chi connectivity index (χ0) is 12.4. The average molecular weight is 254 g/mol. The smallest absolute Gasteiger partial charge is 0.273 e. The van der Waals surface area contributed by atoms with E-state index in [0.717, 1.165) is 17.8 Å². The number of amides is 1. The van der Waals surface area contributed by atoms with Crippen molar-refractivity contribution in [3.8, 4) is 0 Å². The maximum atomic E-state index is 12.2. The number of hydrogen-bond acceptors (Lipinski definition) is 4. The van der Waals surface area contributed by atoms with Gasteiger partial charge in [-0.15, -0.1) is 0 Å². The molecule has 0 aliphatic carbocycles. The van der Waals surface area contributed by atoms with Crippen LogP contribution in [0.1, 0.15) is 28.7 Å². The monoisotopic (exact) mass is 254 g/mol. The van der Waals surface area contributed by atoms with Crippen LogP contribution in [0.2, 0.25) is 0 Å². The van der Waals surface area contributed by atoms with E-state index >= 15 is 0 Å². The lowest BCUT2D eigenvalue weighted by atomic mass is 9.91. The fourth-order valence-electron chi connectivity index (χ4n) is 2.41. The molecule has 0 spiro atoms. The van der Waals surface area contributed by atoms with E-state index < -0.39 is 0 Å². The summed E-state index contributed by atoms with van der Waals surface area (Å²) in [5.74, 6) is 0.659. The number of likely N-dealkylation sites (tertiary alicyclic amines) is 1. The highest BCUT2D eigenvalue weighted by molar-refractivity contribution is 7.05. The first-order chi connectivity index (χ1) is 8.10. The van der Waals surface area contributed by atoms with E-state index in [9.17, 15) is 9.90 Å². The summed E-state index contributed by atoms with van der Waals surface area (Å²) in [6.07, 6.45) is 0.996. The molecule has 2 rings (SSSR count). The molecule has 1 fully saturated rings. The minimum Gasteiger partial charge on any atom is -0.396 e. The van der Waals surface area contributed by atoms with E-state index in [1.807, 2.05) is 17.9 Å². The Morgan fingerprint density at radius 1 is 1.65 bits per heavy atom. The van der Waals surface area contributed by atoms with Crippen LogP contribution in [0.15, 0.2) is 6.07 Å². The van der Waals surface area contributed by atoms with Gasteiger partial charge in [-0.2, -0.15) is 4.37 Å². The standard InChI is InChI=1S/C12H18N2O2S/c1-8-3-10(7-15)6-14(5-8)12(16)11-4-9(2)17-13-11/h4,8,10,15H,3,5-7H2,1-2H3. The highest BCUT2D eigenvalue weighted by Gasteiger charge is 2.28. The summed E-state index contributed by atoms with van der Waals surface area (Å²) in [5, 5.41) is 9.23. The molecule has 1 N–H and O–H groups in total. The van der Waals surface area contributed by atoms with Crippen LogP contribution >= 0.6 is 11.5 Å². The second kappa shape index (κ2) is 5.14. The van der Waals surface area contributed by atoms with Gasteiger partial charge in [-0.25, -0.2) is 0 Å². The number of carbonyl (C=O) groups excluding carboxylic acids is 1. The van der Waals surface area contributed by atoms with Gasteiger partial charge in [-0.3, -0.25) is 4.79 Å². The van der Waals surface area contributed by atoms with Gasteiger partial charge in [0.05, 0.1) is 0 Å². The highest BCUT2D eigenvalue weighted by atomic mass is 32.1. The molecule has 0 aromatic carbocycles. The third-order valence-corrected chi connectivity index (χ3v) is 3.83. The maximum absolute atomic E-state index is 12.2. The van der Waals surface area contributed by atoms with Crippen molar-refractivity contribution in [3.05, 3.63) is 16.6 Å². The van der Waals surface area contributed by atoms with Crippen molar-refractivity contribution in [2.45, 2.75) is 20.3 Å². The van der Waals surface area contributed by atoms with Crippen molar-refractivity contribution in [1.29, 1.82) is 0 Å². The van der Waals surface area contributed by atoms with E-state index in [-0.39, 0.29) is 18.4 Å². The number of carbonyl (C=O) groups is 1. The topological polar surface area (TPSA) is 53.4 Å². The first-order valence-electron chi connectivity index (χ1n) is 5.93. The van der Waals surface area contributed by atoms with Crippen LogP contribution in [0.5, 0.6) is 0 Å². The van der Waals surface area contributed by atoms with E-state index in [1.54, 1.807) is 0 Å². The van der Waals surface area contributed by atoms with Crippen LogP contribution in [0, 0.1) is 18.8 Å². The number of aromatic nitrogens is 1. The first-order valence-corrected chi connectivity index (χ1v) is 6.71. The predicted octanol–water partition coefficient (Wildman–Crippen LogP) is 1.54. The SMILES string of the molecule is Cc1cc(C(=O)N2CC(C)CC(CO)C2)ns1. The number of rotatable bonds is 2. The van der Waals surface area contributed by atoms with Crippen molar-refractivity contribution in [3.63, 3.8) is 0 Å². The minimum absolute atomic E-state index is 0.000602. The van der Waals surface area contributed by atoms with Crippen LogP contribution < -0.4 is 0 Å². The molecule has 5 heteroatoms. The third kappa shape index (κ3) is 2.84. The van der Waals surface area contributed by atoms with Crippen LogP contribution in [0.3, 0.4) is 0 Å². The second-order valence-electron chi connectivity index (χ2n) is 4.92. The van der Waals surface area contributed by atoms with Gasteiger partial charge in [0.2, 0.25) is 0 Å². The summed E-state index contributed by atoms with van der Waals surface area (Å²) in [5.41, 5.74) is 0.540. The largest absolute Gasteiger partial charge is 0.396 e. The molecule has 0 radical (unpaired) electrons. The van der Waals surface area contributed by atoms with Gasteiger partial charge in [-0.1, -0.05) is 6.92 Å². The third-order valence-electron chi connectivity index (χ3n) is 3.14. The molecule has 1 aliphatic heterocycles. The van der Waals surface area contributed by atoms with Gasteiger partial charge in [0.25, 0.3) is 5.91 Å². The van der Waals surface area contributed by atoms with Crippen LogP contribution in [0.25, 0.3) is 0 Å². The molecule has 0 bridgehead atoms. The molecule has 94 valence electrons. The Bertz CT molecular complexity index is 405. The Morgan fingerprint density at radius 3 is 3.00 bits per heavy atom. The molecule has 2 atom stereocenters. The van der Waals surface area contributed by atoms with E-state index in [2.05, 4.69) is 11.3 Å². The molecule has 1 saturated heterocycles. The summed E-state index contributed by atoms with van der Waals surface area (Å²) in [7, 11) is 0. The molecule has 0 saturated carbocycles. The Kier molecular flexibility index (Phi) is 3.79. The van der Waals surface area contributed by atoms with Gasteiger partial charge in [0, 0.05) is 24.6 Å². The highest BCUT2D eigenvalue weighted by Crippen LogP contribution is 2.23. The Labute approximate surface area is 105 Å². The van der Waals surface area contributed by atoms with Gasteiger partial charge in [0.15, 0.2) is 0 Å². The number of aliphatic hydroxyl groups excluding tert-OH is 1. The van der Waals surface area contributed by atoms with Gasteiger partial charge < -0.3 is 10.0 Å². The molecule has 1 aromatic rings. The van der Waals surface area contributed by atoms with Crippen LogP contribution in [-0.2, 0) is 0 Å². The molecule has 17 heavy (non-hydrogen) atoms. The average Bonchev–Trinajstić information content (AvgIpc) is 2.74. The van der Waals surface area contributed by atoms with Gasteiger partial charge in [-0.05, 0) is 42.8 Å². The van der Waals surface area contributed by atoms with Crippen LogP contribution in [-0.4, -0.2) is 40.0 Å². The number of aryl methyl sites for hydroxylation is 1. The van der Waals surface area contributed by atoms with Crippen molar-refractivity contribution in [2.75, 3.05) is 19.7 Å². The Morgan fingerprint density at radius 2 is 2.41 bits per heavy atom. The normalized spacial score (nSPS) is 25.0. The summed E-state index contributed by atoms with van der Waals surface area (Å²) >= 11 is 1.36. The van der Waals surface area contributed by atoms with Gasteiger partial charge in [0.1, 0.15) is 5.69 Å². The molecule has 1 aromatic heterocycles. The Balaban J connectivity index is 2.08. The molecular weight excluding hydrogens is 236 g/mol. The lowest BCUT2D eigenvalue weighted by Gasteiger charge is -2.35. The number of piperidine rings is 1. The summed E-state index contributed by atoms with van der Waals surface area (Å²) in [6.45, 7) is 5.64. The molecule has 1 amide bonds. The molecule has 1 aliphatic rings. The minimum atomic E-state index is -0.000602. The predicted molar refractivity (Wildman–Crippen MR) is 67.1 cm³/mol. The van der Waals surface area contributed by atoms with E-state index in [4.69, 9.17) is 0 Å². The lowest BCUT2D eigenvalue weighted by Crippen LogP contribution is -2.44. The summed E-state index contributed by atoms with van der Waals surface area (Å²) < 4.78 is 4.15.